The third-order valence-corrected chi connectivity index (χ3v) is 5.08. The van der Waals surface area contributed by atoms with Gasteiger partial charge in [0.25, 0.3) is 5.91 Å². The molecule has 2 aromatic carbocycles. The quantitative estimate of drug-likeness (QED) is 0.761. The van der Waals surface area contributed by atoms with Gasteiger partial charge in [-0.15, -0.1) is 0 Å². The van der Waals surface area contributed by atoms with E-state index in [1.54, 1.807) is 47.4 Å². The van der Waals surface area contributed by atoms with Crippen molar-refractivity contribution in [2.45, 2.75) is 0 Å². The van der Waals surface area contributed by atoms with E-state index >= 15 is 0 Å². The zero-order valence-electron chi connectivity index (χ0n) is 12.4. The second-order valence-electron chi connectivity index (χ2n) is 4.99. The van der Waals surface area contributed by atoms with Crippen LogP contribution in [0.15, 0.2) is 47.5 Å². The van der Waals surface area contributed by atoms with E-state index in [0.29, 0.717) is 38.6 Å². The minimum atomic E-state index is -0.170. The second kappa shape index (κ2) is 7.27. The van der Waals surface area contributed by atoms with Crippen LogP contribution in [0.1, 0.15) is 15.9 Å². The number of hydrogen-bond donors (Lipinski definition) is 0. The molecule has 1 aliphatic heterocycles. The van der Waals surface area contributed by atoms with Crippen LogP contribution in [0, 0.1) is 11.3 Å². The molecule has 1 heterocycles. The Hall–Kier alpha value is -2.00. The molecule has 0 atom stereocenters. The summed E-state index contributed by atoms with van der Waals surface area (Å²) in [7, 11) is 0. The Balaban J connectivity index is 1.89. The molecule has 0 bridgehead atoms. The molecular formula is C17H11Cl2N3OS. The van der Waals surface area contributed by atoms with E-state index in [4.69, 9.17) is 28.5 Å². The summed E-state index contributed by atoms with van der Waals surface area (Å²) in [5.41, 5.74) is 1.56. The normalized spacial score (nSPS) is 15.5. The van der Waals surface area contributed by atoms with Gasteiger partial charge in [-0.1, -0.05) is 41.0 Å². The Morgan fingerprint density at radius 2 is 2.04 bits per heavy atom. The number of carbonyl (C=O) groups is 1. The minimum Gasteiger partial charge on any atom is -0.286 e. The summed E-state index contributed by atoms with van der Waals surface area (Å²) in [6, 6.07) is 13.8. The van der Waals surface area contributed by atoms with Crippen LogP contribution in [0.2, 0.25) is 10.0 Å². The molecule has 0 aliphatic carbocycles. The average molecular weight is 376 g/mol. The lowest BCUT2D eigenvalue weighted by Gasteiger charge is -2.16. The van der Waals surface area contributed by atoms with Crippen LogP contribution in [-0.4, -0.2) is 28.3 Å². The molecule has 1 amide bonds. The molecule has 0 radical (unpaired) electrons. The maximum atomic E-state index is 12.7. The highest BCUT2D eigenvalue weighted by Gasteiger charge is 2.27. The van der Waals surface area contributed by atoms with E-state index < -0.39 is 0 Å². The van der Waals surface area contributed by atoms with E-state index in [1.165, 1.54) is 11.8 Å². The van der Waals surface area contributed by atoms with E-state index in [9.17, 15) is 4.79 Å². The molecule has 0 spiro atoms. The van der Waals surface area contributed by atoms with Crippen molar-refractivity contribution in [3.05, 3.63) is 63.6 Å². The smallest absolute Gasteiger partial charge is 0.259 e. The molecule has 2 aromatic rings. The van der Waals surface area contributed by atoms with E-state index in [-0.39, 0.29) is 5.91 Å². The van der Waals surface area contributed by atoms with Crippen molar-refractivity contribution in [3.8, 4) is 6.07 Å². The maximum absolute atomic E-state index is 12.7. The maximum Gasteiger partial charge on any atom is 0.259 e. The van der Waals surface area contributed by atoms with E-state index in [0.717, 1.165) is 5.75 Å². The van der Waals surface area contributed by atoms with Crippen molar-refractivity contribution in [1.29, 1.82) is 5.26 Å². The topological polar surface area (TPSA) is 56.5 Å². The van der Waals surface area contributed by atoms with Crippen LogP contribution in [0.4, 0.5) is 5.69 Å². The third-order valence-electron chi connectivity index (χ3n) is 3.39. The zero-order valence-corrected chi connectivity index (χ0v) is 14.7. The fraction of sp³-hybridized carbons (Fsp3) is 0.118. The number of thioether (sulfide) groups is 1. The number of rotatable bonds is 2. The van der Waals surface area contributed by atoms with Crippen LogP contribution >= 0.6 is 35.0 Å². The molecule has 0 N–H and O–H groups in total. The highest BCUT2D eigenvalue weighted by Crippen LogP contribution is 2.29. The summed E-state index contributed by atoms with van der Waals surface area (Å²) in [5, 5.41) is 10.5. The van der Waals surface area contributed by atoms with Crippen molar-refractivity contribution in [1.82, 2.24) is 4.90 Å². The van der Waals surface area contributed by atoms with Gasteiger partial charge in [0.1, 0.15) is 0 Å². The van der Waals surface area contributed by atoms with Gasteiger partial charge < -0.3 is 0 Å². The molecule has 1 aliphatic rings. The molecule has 24 heavy (non-hydrogen) atoms. The first-order chi connectivity index (χ1) is 11.6. The molecule has 1 saturated heterocycles. The Bertz CT molecular complexity index is 876. The van der Waals surface area contributed by atoms with Gasteiger partial charge in [0.15, 0.2) is 5.17 Å². The van der Waals surface area contributed by atoms with Gasteiger partial charge >= 0.3 is 0 Å². The minimum absolute atomic E-state index is 0.170. The molecule has 1 fully saturated rings. The Morgan fingerprint density at radius 1 is 1.21 bits per heavy atom. The number of nitrogens with zero attached hydrogens (tertiary/aromatic N) is 3. The van der Waals surface area contributed by atoms with Gasteiger partial charge in [-0.05, 0) is 36.4 Å². The first-order valence-electron chi connectivity index (χ1n) is 7.07. The van der Waals surface area contributed by atoms with Gasteiger partial charge in [-0.25, -0.2) is 4.99 Å². The summed E-state index contributed by atoms with van der Waals surface area (Å²) in [5.74, 6) is 0.597. The third kappa shape index (κ3) is 3.57. The first kappa shape index (κ1) is 16.8. The van der Waals surface area contributed by atoms with E-state index in [2.05, 4.69) is 4.99 Å². The highest BCUT2D eigenvalue weighted by molar-refractivity contribution is 8.14. The number of amidine groups is 1. The standard InChI is InChI=1S/C17H11Cl2N3OS/c18-14-5-4-13(9-15(14)19)21-17-22(6-7-24-17)16(23)12-3-1-2-11(8-12)10-20/h1-5,8-9H,6-7H2. The van der Waals surface area contributed by atoms with Gasteiger partial charge in [0.2, 0.25) is 0 Å². The van der Waals surface area contributed by atoms with Crippen LogP contribution in [0.5, 0.6) is 0 Å². The summed E-state index contributed by atoms with van der Waals surface area (Å²) in [6.45, 7) is 0.570. The predicted molar refractivity (Wildman–Crippen MR) is 98.2 cm³/mol. The van der Waals surface area contributed by atoms with Gasteiger partial charge in [0, 0.05) is 17.9 Å². The van der Waals surface area contributed by atoms with Gasteiger partial charge in [0.05, 0.1) is 27.4 Å². The lowest BCUT2D eigenvalue weighted by molar-refractivity contribution is 0.0859. The average Bonchev–Trinajstić information content (AvgIpc) is 3.05. The number of amides is 1. The molecule has 3 rings (SSSR count). The Labute approximate surface area is 153 Å². The van der Waals surface area contributed by atoms with Crippen LogP contribution < -0.4 is 0 Å². The molecule has 120 valence electrons. The van der Waals surface area contributed by atoms with Crippen molar-refractivity contribution in [2.75, 3.05) is 12.3 Å². The molecular weight excluding hydrogens is 365 g/mol. The number of carbonyl (C=O) groups excluding carboxylic acids is 1. The van der Waals surface area contributed by atoms with Crippen molar-refractivity contribution >= 4 is 51.7 Å². The molecule has 0 saturated carbocycles. The second-order valence-corrected chi connectivity index (χ2v) is 6.87. The van der Waals surface area contributed by atoms with Crippen molar-refractivity contribution < 1.29 is 4.79 Å². The number of benzene rings is 2. The SMILES string of the molecule is N#Cc1cccc(C(=O)N2CCSC2=Nc2ccc(Cl)c(Cl)c2)c1. The highest BCUT2D eigenvalue weighted by atomic mass is 35.5. The number of aliphatic imine (C=N–C) groups is 1. The summed E-state index contributed by atoms with van der Waals surface area (Å²) in [6.07, 6.45) is 0. The predicted octanol–water partition coefficient (Wildman–Crippen LogP) is 4.74. The fourth-order valence-electron chi connectivity index (χ4n) is 2.23. The Morgan fingerprint density at radius 3 is 2.79 bits per heavy atom. The Kier molecular flexibility index (Phi) is 5.10. The summed E-state index contributed by atoms with van der Waals surface area (Å²) < 4.78 is 0. The molecule has 0 aromatic heterocycles. The fourth-order valence-corrected chi connectivity index (χ4v) is 3.47. The summed E-state index contributed by atoms with van der Waals surface area (Å²) >= 11 is 13.4. The van der Waals surface area contributed by atoms with E-state index in [1.807, 2.05) is 6.07 Å². The number of nitriles is 1. The van der Waals surface area contributed by atoms with Gasteiger partial charge in [-0.3, -0.25) is 9.69 Å². The van der Waals surface area contributed by atoms with Gasteiger partial charge in [-0.2, -0.15) is 5.26 Å². The van der Waals surface area contributed by atoms with Crippen molar-refractivity contribution in [3.63, 3.8) is 0 Å². The van der Waals surface area contributed by atoms with Crippen LogP contribution in [0.25, 0.3) is 0 Å². The number of halogens is 2. The zero-order chi connectivity index (χ0) is 17.1. The first-order valence-corrected chi connectivity index (χ1v) is 8.81. The lowest BCUT2D eigenvalue weighted by Crippen LogP contribution is -2.31. The molecule has 4 nitrogen and oxygen atoms in total. The van der Waals surface area contributed by atoms with Crippen LogP contribution in [0.3, 0.4) is 0 Å². The molecule has 0 unspecified atom stereocenters. The summed E-state index contributed by atoms with van der Waals surface area (Å²) in [4.78, 5) is 18.8. The monoisotopic (exact) mass is 375 g/mol. The number of hydrogen-bond acceptors (Lipinski definition) is 4. The lowest BCUT2D eigenvalue weighted by atomic mass is 10.1. The van der Waals surface area contributed by atoms with Crippen molar-refractivity contribution in [2.24, 2.45) is 4.99 Å². The largest absolute Gasteiger partial charge is 0.286 e. The van der Waals surface area contributed by atoms with Crippen LogP contribution in [-0.2, 0) is 0 Å². The molecule has 7 heteroatoms.